The maximum absolute atomic E-state index is 12.6. The lowest BCUT2D eigenvalue weighted by molar-refractivity contribution is -0.132. The van der Waals surface area contributed by atoms with E-state index in [1.54, 1.807) is 30.5 Å². The van der Waals surface area contributed by atoms with Crippen LogP contribution in [0.3, 0.4) is 0 Å². The number of hydrogen-bond acceptors (Lipinski definition) is 4. The molecule has 3 rings (SSSR count). The van der Waals surface area contributed by atoms with Crippen LogP contribution in [-0.4, -0.2) is 27.8 Å². The van der Waals surface area contributed by atoms with Crippen molar-refractivity contribution in [2.75, 3.05) is 6.54 Å². The van der Waals surface area contributed by atoms with Crippen LogP contribution in [0.2, 0.25) is 0 Å². The van der Waals surface area contributed by atoms with E-state index < -0.39 is 0 Å². The lowest BCUT2D eigenvalue weighted by Crippen LogP contribution is -2.32. The van der Waals surface area contributed by atoms with Gasteiger partial charge in [-0.05, 0) is 48.7 Å². The van der Waals surface area contributed by atoms with Gasteiger partial charge in [-0.1, -0.05) is 20.8 Å². The zero-order valence-corrected chi connectivity index (χ0v) is 18.5. The topological polar surface area (TPSA) is 80.6 Å². The molecule has 0 spiro atoms. The zero-order chi connectivity index (χ0) is 22.2. The van der Waals surface area contributed by atoms with Crippen LogP contribution in [0.15, 0.2) is 57.7 Å². The van der Waals surface area contributed by atoms with Gasteiger partial charge in [-0.2, -0.15) is 0 Å². The molecule has 0 saturated heterocycles. The minimum Gasteiger partial charge on any atom is -0.467 e. The summed E-state index contributed by atoms with van der Waals surface area (Å²) >= 11 is 0. The van der Waals surface area contributed by atoms with Crippen LogP contribution in [0, 0.1) is 5.92 Å². The highest BCUT2D eigenvalue weighted by Crippen LogP contribution is 2.15. The van der Waals surface area contributed by atoms with Crippen molar-refractivity contribution in [3.8, 4) is 0 Å². The van der Waals surface area contributed by atoms with E-state index in [9.17, 15) is 9.59 Å². The smallest absolute Gasteiger partial charge is 0.287 e. The van der Waals surface area contributed by atoms with Gasteiger partial charge in [-0.15, -0.1) is 0 Å². The van der Waals surface area contributed by atoms with Gasteiger partial charge in [0.15, 0.2) is 5.76 Å². The van der Waals surface area contributed by atoms with Crippen LogP contribution in [0.25, 0.3) is 0 Å². The van der Waals surface area contributed by atoms with Gasteiger partial charge in [-0.3, -0.25) is 9.59 Å². The Hall–Kier alpha value is -3.22. The summed E-state index contributed by atoms with van der Waals surface area (Å²) in [5.41, 5.74) is 1.03. The van der Waals surface area contributed by atoms with E-state index in [1.165, 1.54) is 0 Å². The minimum absolute atomic E-state index is 0.179. The third-order valence-corrected chi connectivity index (χ3v) is 4.92. The molecule has 0 aliphatic carbocycles. The van der Waals surface area contributed by atoms with Gasteiger partial charge in [0, 0.05) is 24.9 Å². The SMILES string of the molecule is CCCN(Cc1cccn1Cc1ccc(C(=O)NCc2ccco2)o1)C(=O)CC(C)C. The molecule has 7 heteroatoms. The summed E-state index contributed by atoms with van der Waals surface area (Å²) in [6.07, 6.45) is 5.00. The number of carbonyl (C=O) groups excluding carboxylic acids is 2. The van der Waals surface area contributed by atoms with Gasteiger partial charge >= 0.3 is 0 Å². The number of hydrogen-bond donors (Lipinski definition) is 1. The summed E-state index contributed by atoms with van der Waals surface area (Å²) in [7, 11) is 0. The molecule has 0 aliphatic rings. The molecule has 0 unspecified atom stereocenters. The molecule has 0 radical (unpaired) electrons. The molecule has 0 saturated carbocycles. The normalized spacial score (nSPS) is 11.1. The Labute approximate surface area is 183 Å². The van der Waals surface area contributed by atoms with Crippen molar-refractivity contribution in [1.29, 1.82) is 0 Å². The van der Waals surface area contributed by atoms with Crippen molar-refractivity contribution in [2.24, 2.45) is 5.92 Å². The van der Waals surface area contributed by atoms with E-state index >= 15 is 0 Å². The number of carbonyl (C=O) groups is 2. The van der Waals surface area contributed by atoms with Gasteiger partial charge in [0.25, 0.3) is 5.91 Å². The summed E-state index contributed by atoms with van der Waals surface area (Å²) in [6.45, 7) is 8.29. The molecule has 0 fully saturated rings. The predicted octanol–water partition coefficient (Wildman–Crippen LogP) is 4.44. The van der Waals surface area contributed by atoms with E-state index in [2.05, 4.69) is 30.7 Å². The van der Waals surface area contributed by atoms with Crippen LogP contribution in [0.1, 0.15) is 61.4 Å². The predicted molar refractivity (Wildman–Crippen MR) is 117 cm³/mol. The molecule has 0 aliphatic heterocycles. The lowest BCUT2D eigenvalue weighted by atomic mass is 10.1. The van der Waals surface area contributed by atoms with E-state index in [-0.39, 0.29) is 17.6 Å². The molecule has 1 N–H and O–H groups in total. The molecule has 166 valence electrons. The van der Waals surface area contributed by atoms with Crippen molar-refractivity contribution in [3.63, 3.8) is 0 Å². The average molecular weight is 426 g/mol. The Kier molecular flexibility index (Phi) is 7.76. The molecule has 0 bridgehead atoms. The highest BCUT2D eigenvalue weighted by molar-refractivity contribution is 5.91. The molecule has 0 aromatic carbocycles. The number of amides is 2. The third-order valence-electron chi connectivity index (χ3n) is 4.92. The Morgan fingerprint density at radius 2 is 1.97 bits per heavy atom. The maximum atomic E-state index is 12.6. The van der Waals surface area contributed by atoms with Crippen molar-refractivity contribution in [2.45, 2.75) is 53.2 Å². The highest BCUT2D eigenvalue weighted by Gasteiger charge is 2.17. The van der Waals surface area contributed by atoms with Crippen LogP contribution in [0.5, 0.6) is 0 Å². The Bertz CT molecular complexity index is 969. The molecule has 0 atom stereocenters. The van der Waals surface area contributed by atoms with E-state index in [1.807, 2.05) is 23.2 Å². The van der Waals surface area contributed by atoms with Gasteiger partial charge in [0.05, 0.1) is 25.9 Å². The largest absolute Gasteiger partial charge is 0.467 e. The van der Waals surface area contributed by atoms with Crippen LogP contribution in [-0.2, 0) is 24.4 Å². The Morgan fingerprint density at radius 1 is 1.13 bits per heavy atom. The zero-order valence-electron chi connectivity index (χ0n) is 18.5. The first-order valence-corrected chi connectivity index (χ1v) is 10.8. The number of nitrogens with one attached hydrogen (secondary N) is 1. The Morgan fingerprint density at radius 3 is 2.68 bits per heavy atom. The monoisotopic (exact) mass is 425 g/mol. The second-order valence-electron chi connectivity index (χ2n) is 8.07. The molecular formula is C24H31N3O4. The molecule has 3 aromatic rings. The van der Waals surface area contributed by atoms with Crippen molar-refractivity contribution in [3.05, 3.63) is 71.8 Å². The fourth-order valence-corrected chi connectivity index (χ4v) is 3.40. The maximum Gasteiger partial charge on any atom is 0.287 e. The summed E-state index contributed by atoms with van der Waals surface area (Å²) in [6, 6.07) is 11.0. The van der Waals surface area contributed by atoms with Crippen molar-refractivity contribution < 1.29 is 18.4 Å². The van der Waals surface area contributed by atoms with Gasteiger partial charge < -0.3 is 23.6 Å². The first-order valence-electron chi connectivity index (χ1n) is 10.8. The number of aromatic nitrogens is 1. The first kappa shape index (κ1) is 22.5. The highest BCUT2D eigenvalue weighted by atomic mass is 16.4. The molecule has 3 aromatic heterocycles. The van der Waals surface area contributed by atoms with Crippen LogP contribution < -0.4 is 5.32 Å². The minimum atomic E-state index is -0.288. The molecule has 3 heterocycles. The number of rotatable bonds is 11. The standard InChI is InChI=1S/C24H31N3O4/c1-4-11-27(23(28)14-18(2)3)16-19-7-5-12-26(19)17-21-9-10-22(31-21)24(29)25-15-20-8-6-13-30-20/h5-10,12-13,18H,4,11,14-17H2,1-3H3,(H,25,29). The quantitative estimate of drug-likeness (QED) is 0.493. The average Bonchev–Trinajstić information content (AvgIpc) is 3.48. The summed E-state index contributed by atoms with van der Waals surface area (Å²) < 4.78 is 13.0. The van der Waals surface area contributed by atoms with Crippen molar-refractivity contribution in [1.82, 2.24) is 14.8 Å². The number of nitrogens with zero attached hydrogens (tertiary/aromatic N) is 2. The molecule has 7 nitrogen and oxygen atoms in total. The van der Waals surface area contributed by atoms with Gasteiger partial charge in [-0.25, -0.2) is 0 Å². The first-order chi connectivity index (χ1) is 15.0. The van der Waals surface area contributed by atoms with Gasteiger partial charge in [0.1, 0.15) is 11.5 Å². The fourth-order valence-electron chi connectivity index (χ4n) is 3.40. The second kappa shape index (κ2) is 10.7. The fraction of sp³-hybridized carbons (Fsp3) is 0.417. The number of furan rings is 2. The summed E-state index contributed by atoms with van der Waals surface area (Å²) in [5.74, 6) is 1.84. The van der Waals surface area contributed by atoms with Crippen LogP contribution >= 0.6 is 0 Å². The lowest BCUT2D eigenvalue weighted by Gasteiger charge is -2.24. The Balaban J connectivity index is 1.62. The van der Waals surface area contributed by atoms with Crippen LogP contribution in [0.4, 0.5) is 0 Å². The van der Waals surface area contributed by atoms with E-state index in [0.717, 1.165) is 18.7 Å². The third kappa shape index (κ3) is 6.38. The summed E-state index contributed by atoms with van der Waals surface area (Å²) in [4.78, 5) is 26.8. The van der Waals surface area contributed by atoms with Gasteiger partial charge in [0.2, 0.25) is 5.91 Å². The van der Waals surface area contributed by atoms with E-state index in [4.69, 9.17) is 8.83 Å². The molecular weight excluding hydrogens is 394 g/mol. The van der Waals surface area contributed by atoms with Crippen molar-refractivity contribution >= 4 is 11.8 Å². The summed E-state index contributed by atoms with van der Waals surface area (Å²) in [5, 5.41) is 2.78. The molecule has 2 amide bonds. The second-order valence-corrected chi connectivity index (χ2v) is 8.07. The van der Waals surface area contributed by atoms with E-state index in [0.29, 0.717) is 43.5 Å². The molecule has 31 heavy (non-hydrogen) atoms.